The zero-order valence-electron chi connectivity index (χ0n) is 12.7. The van der Waals surface area contributed by atoms with Crippen molar-refractivity contribution >= 4 is 29.1 Å². The largest absolute Gasteiger partial charge is 0.326 e. The predicted octanol–water partition coefficient (Wildman–Crippen LogP) is 3.23. The molecule has 0 aliphatic rings. The van der Waals surface area contributed by atoms with Crippen molar-refractivity contribution in [2.75, 3.05) is 11.1 Å². The lowest BCUT2D eigenvalue weighted by atomic mass is 10.1. The van der Waals surface area contributed by atoms with Gasteiger partial charge in [-0.05, 0) is 25.5 Å². The SMILES string of the molecule is CCCn1ccnc1SCC(=O)Nc1ccccc1C(C)=O. The lowest BCUT2D eigenvalue weighted by Gasteiger charge is -2.09. The first-order chi connectivity index (χ1) is 10.6. The third-order valence-electron chi connectivity index (χ3n) is 3.05. The predicted molar refractivity (Wildman–Crippen MR) is 88.3 cm³/mol. The molecule has 0 unspecified atom stereocenters. The molecule has 22 heavy (non-hydrogen) atoms. The van der Waals surface area contributed by atoms with E-state index in [0.717, 1.165) is 18.1 Å². The lowest BCUT2D eigenvalue weighted by molar-refractivity contribution is -0.113. The van der Waals surface area contributed by atoms with Gasteiger partial charge in [-0.25, -0.2) is 4.98 Å². The highest BCUT2D eigenvalue weighted by molar-refractivity contribution is 7.99. The van der Waals surface area contributed by atoms with Gasteiger partial charge in [0.1, 0.15) is 0 Å². The van der Waals surface area contributed by atoms with Crippen LogP contribution >= 0.6 is 11.8 Å². The Morgan fingerprint density at radius 2 is 2.09 bits per heavy atom. The van der Waals surface area contributed by atoms with Gasteiger partial charge in [-0.2, -0.15) is 0 Å². The molecule has 1 heterocycles. The summed E-state index contributed by atoms with van der Waals surface area (Å²) in [5, 5.41) is 3.62. The number of hydrogen-bond donors (Lipinski definition) is 1. The van der Waals surface area contributed by atoms with E-state index in [4.69, 9.17) is 0 Å². The normalized spacial score (nSPS) is 10.5. The van der Waals surface area contributed by atoms with Crippen molar-refractivity contribution in [3.63, 3.8) is 0 Å². The second-order valence-corrected chi connectivity index (χ2v) is 5.78. The number of benzene rings is 1. The van der Waals surface area contributed by atoms with Crippen LogP contribution in [0.2, 0.25) is 0 Å². The summed E-state index contributed by atoms with van der Waals surface area (Å²) in [6, 6.07) is 7.02. The van der Waals surface area contributed by atoms with Gasteiger partial charge in [-0.15, -0.1) is 0 Å². The zero-order chi connectivity index (χ0) is 15.9. The molecule has 1 N–H and O–H groups in total. The van der Waals surface area contributed by atoms with Crippen molar-refractivity contribution in [3.05, 3.63) is 42.2 Å². The molecule has 6 heteroatoms. The molecule has 0 saturated carbocycles. The van der Waals surface area contributed by atoms with Crippen molar-refractivity contribution < 1.29 is 9.59 Å². The van der Waals surface area contributed by atoms with E-state index in [1.807, 2.05) is 10.8 Å². The Balaban J connectivity index is 1.96. The number of rotatable bonds is 7. The Morgan fingerprint density at radius 1 is 1.32 bits per heavy atom. The summed E-state index contributed by atoms with van der Waals surface area (Å²) in [6.07, 6.45) is 4.66. The molecule has 0 fully saturated rings. The molecular weight excluding hydrogens is 298 g/mol. The van der Waals surface area contributed by atoms with Crippen LogP contribution in [0.15, 0.2) is 41.8 Å². The molecule has 0 aliphatic heterocycles. The third-order valence-corrected chi connectivity index (χ3v) is 4.06. The van der Waals surface area contributed by atoms with Gasteiger partial charge in [0.2, 0.25) is 5.91 Å². The van der Waals surface area contributed by atoms with E-state index in [9.17, 15) is 9.59 Å². The number of ketones is 1. The van der Waals surface area contributed by atoms with Gasteiger partial charge in [0.25, 0.3) is 0 Å². The Kier molecular flexibility index (Phi) is 5.77. The highest BCUT2D eigenvalue weighted by atomic mass is 32.2. The number of carbonyl (C=O) groups is 2. The van der Waals surface area contributed by atoms with E-state index in [1.165, 1.54) is 18.7 Å². The molecule has 0 saturated heterocycles. The van der Waals surface area contributed by atoms with Crippen LogP contribution in [0.3, 0.4) is 0 Å². The van der Waals surface area contributed by atoms with Crippen molar-refractivity contribution in [1.29, 1.82) is 0 Å². The number of hydrogen-bond acceptors (Lipinski definition) is 4. The van der Waals surface area contributed by atoms with Gasteiger partial charge in [0.05, 0.1) is 11.4 Å². The number of imidazole rings is 1. The summed E-state index contributed by atoms with van der Waals surface area (Å²) >= 11 is 1.39. The van der Waals surface area contributed by atoms with E-state index in [1.54, 1.807) is 30.5 Å². The molecule has 2 aromatic rings. The van der Waals surface area contributed by atoms with Gasteiger partial charge in [-0.1, -0.05) is 30.8 Å². The molecule has 0 atom stereocenters. The molecule has 0 aliphatic carbocycles. The number of carbonyl (C=O) groups excluding carboxylic acids is 2. The maximum absolute atomic E-state index is 12.1. The lowest BCUT2D eigenvalue weighted by Crippen LogP contribution is -2.16. The second-order valence-electron chi connectivity index (χ2n) is 4.84. The number of para-hydroxylation sites is 1. The van der Waals surface area contributed by atoms with Crippen molar-refractivity contribution in [1.82, 2.24) is 9.55 Å². The Morgan fingerprint density at radius 3 is 2.82 bits per heavy atom. The number of aryl methyl sites for hydroxylation is 1. The Bertz CT molecular complexity index is 667. The van der Waals surface area contributed by atoms with E-state index < -0.39 is 0 Å². The number of anilines is 1. The smallest absolute Gasteiger partial charge is 0.234 e. The second kappa shape index (κ2) is 7.79. The molecule has 0 bridgehead atoms. The molecule has 116 valence electrons. The highest BCUT2D eigenvalue weighted by Gasteiger charge is 2.11. The first kappa shape index (κ1) is 16.3. The zero-order valence-corrected chi connectivity index (χ0v) is 13.5. The average molecular weight is 317 g/mol. The number of aromatic nitrogens is 2. The fourth-order valence-corrected chi connectivity index (χ4v) is 2.85. The van der Waals surface area contributed by atoms with Crippen LogP contribution in [-0.2, 0) is 11.3 Å². The van der Waals surface area contributed by atoms with Gasteiger partial charge >= 0.3 is 0 Å². The first-order valence-corrected chi connectivity index (χ1v) is 8.14. The average Bonchev–Trinajstić information content (AvgIpc) is 2.93. The molecule has 5 nitrogen and oxygen atoms in total. The Labute approximate surface area is 134 Å². The van der Waals surface area contributed by atoms with E-state index in [-0.39, 0.29) is 17.4 Å². The van der Waals surface area contributed by atoms with Crippen LogP contribution in [0.4, 0.5) is 5.69 Å². The molecule has 0 spiro atoms. The minimum atomic E-state index is -0.148. The number of Topliss-reactive ketones (excluding diaryl/α,β-unsaturated/α-hetero) is 1. The highest BCUT2D eigenvalue weighted by Crippen LogP contribution is 2.19. The van der Waals surface area contributed by atoms with Crippen molar-refractivity contribution in [3.8, 4) is 0 Å². The molecule has 1 amide bonds. The summed E-state index contributed by atoms with van der Waals surface area (Å²) in [6.45, 7) is 4.47. The number of nitrogens with zero attached hydrogens (tertiary/aromatic N) is 2. The minimum Gasteiger partial charge on any atom is -0.326 e. The molecule has 2 rings (SSSR count). The summed E-state index contributed by atoms with van der Waals surface area (Å²) in [5.74, 6) is 0.0410. The molecule has 1 aromatic carbocycles. The van der Waals surface area contributed by atoms with Crippen LogP contribution in [-0.4, -0.2) is 27.0 Å². The summed E-state index contributed by atoms with van der Waals surface area (Å²) in [4.78, 5) is 27.9. The van der Waals surface area contributed by atoms with Gasteiger partial charge in [-0.3, -0.25) is 9.59 Å². The molecular formula is C16H19N3O2S. The van der Waals surface area contributed by atoms with Crippen LogP contribution < -0.4 is 5.32 Å². The van der Waals surface area contributed by atoms with Crippen molar-refractivity contribution in [2.45, 2.75) is 32.0 Å². The Hall–Kier alpha value is -2.08. The van der Waals surface area contributed by atoms with Crippen LogP contribution in [0.1, 0.15) is 30.6 Å². The maximum atomic E-state index is 12.1. The molecule has 0 radical (unpaired) electrons. The van der Waals surface area contributed by atoms with Crippen LogP contribution in [0.25, 0.3) is 0 Å². The summed E-state index contributed by atoms with van der Waals surface area (Å²) in [7, 11) is 0. The van der Waals surface area contributed by atoms with E-state index in [2.05, 4.69) is 17.2 Å². The number of thioether (sulfide) groups is 1. The number of nitrogens with one attached hydrogen (secondary N) is 1. The standard InChI is InChI=1S/C16H19N3O2S/c1-3-9-19-10-8-17-16(19)22-11-15(21)18-14-7-5-4-6-13(14)12(2)20/h4-8,10H,3,9,11H2,1-2H3,(H,18,21). The van der Waals surface area contributed by atoms with E-state index in [0.29, 0.717) is 11.3 Å². The monoisotopic (exact) mass is 317 g/mol. The van der Waals surface area contributed by atoms with E-state index >= 15 is 0 Å². The first-order valence-electron chi connectivity index (χ1n) is 7.15. The quantitative estimate of drug-likeness (QED) is 0.629. The third kappa shape index (κ3) is 4.21. The summed E-state index contributed by atoms with van der Waals surface area (Å²) < 4.78 is 2.03. The van der Waals surface area contributed by atoms with Crippen LogP contribution in [0.5, 0.6) is 0 Å². The maximum Gasteiger partial charge on any atom is 0.234 e. The fraction of sp³-hybridized carbons (Fsp3) is 0.312. The minimum absolute atomic E-state index is 0.0676. The van der Waals surface area contributed by atoms with Crippen LogP contribution in [0, 0.1) is 0 Å². The molecule has 1 aromatic heterocycles. The van der Waals surface area contributed by atoms with Gasteiger partial charge in [0, 0.05) is 24.5 Å². The topological polar surface area (TPSA) is 64.0 Å². The van der Waals surface area contributed by atoms with Gasteiger partial charge in [0.15, 0.2) is 10.9 Å². The van der Waals surface area contributed by atoms with Gasteiger partial charge < -0.3 is 9.88 Å². The number of amides is 1. The summed E-state index contributed by atoms with van der Waals surface area (Å²) in [5.41, 5.74) is 1.07. The fourth-order valence-electron chi connectivity index (χ4n) is 2.06. The van der Waals surface area contributed by atoms with Crippen molar-refractivity contribution in [2.24, 2.45) is 0 Å².